The van der Waals surface area contributed by atoms with Crippen LogP contribution in [0.2, 0.25) is 5.02 Å². The standard InChI is InChI=1S/C20H24ClN3O2/c1-13-19(15-4-3-5-16(21)12-15)20(24-23-13)22-18(25)11-8-14-6-9-17(26-2)10-7-14/h3-7,9-10,12-13,19-20,23-24H,8,11H2,1-2H3,(H,22,25). The highest BCUT2D eigenvalue weighted by atomic mass is 35.5. The lowest BCUT2D eigenvalue weighted by Gasteiger charge is -2.22. The predicted molar refractivity (Wildman–Crippen MR) is 103 cm³/mol. The van der Waals surface area contributed by atoms with Crippen molar-refractivity contribution >= 4 is 17.5 Å². The summed E-state index contributed by atoms with van der Waals surface area (Å²) >= 11 is 6.13. The third-order valence-corrected chi connectivity index (χ3v) is 4.95. The number of hydrogen-bond donors (Lipinski definition) is 3. The van der Waals surface area contributed by atoms with Crippen molar-refractivity contribution in [3.05, 3.63) is 64.7 Å². The van der Waals surface area contributed by atoms with E-state index in [0.29, 0.717) is 17.9 Å². The zero-order valence-electron chi connectivity index (χ0n) is 15.0. The number of carbonyl (C=O) groups excluding carboxylic acids is 1. The molecule has 3 N–H and O–H groups in total. The van der Waals surface area contributed by atoms with Gasteiger partial charge in [-0.2, -0.15) is 0 Å². The lowest BCUT2D eigenvalue weighted by molar-refractivity contribution is -0.122. The predicted octanol–water partition coefficient (Wildman–Crippen LogP) is 3.00. The molecule has 0 aliphatic carbocycles. The van der Waals surface area contributed by atoms with Crippen LogP contribution in [0, 0.1) is 0 Å². The molecule has 2 aromatic carbocycles. The minimum absolute atomic E-state index is 0.0150. The van der Waals surface area contributed by atoms with Gasteiger partial charge in [0.1, 0.15) is 11.9 Å². The number of hydrogen-bond acceptors (Lipinski definition) is 4. The summed E-state index contributed by atoms with van der Waals surface area (Å²) < 4.78 is 5.15. The fourth-order valence-electron chi connectivity index (χ4n) is 3.31. The maximum Gasteiger partial charge on any atom is 0.221 e. The molecule has 0 bridgehead atoms. The van der Waals surface area contributed by atoms with Crippen LogP contribution in [0.25, 0.3) is 0 Å². The van der Waals surface area contributed by atoms with E-state index in [1.165, 1.54) is 0 Å². The van der Waals surface area contributed by atoms with Crippen molar-refractivity contribution in [2.45, 2.75) is 37.9 Å². The zero-order chi connectivity index (χ0) is 18.5. The number of benzene rings is 2. The van der Waals surface area contributed by atoms with Crippen molar-refractivity contribution in [3.8, 4) is 5.75 Å². The number of amides is 1. The van der Waals surface area contributed by atoms with Gasteiger partial charge in [-0.15, -0.1) is 0 Å². The van der Waals surface area contributed by atoms with Gasteiger partial charge in [0.25, 0.3) is 0 Å². The summed E-state index contributed by atoms with van der Waals surface area (Å²) in [6.07, 6.45) is 0.945. The van der Waals surface area contributed by atoms with E-state index in [2.05, 4.69) is 23.1 Å². The molecule has 6 heteroatoms. The first kappa shape index (κ1) is 18.7. The Labute approximate surface area is 159 Å². The number of aryl methyl sites for hydroxylation is 1. The first-order valence-electron chi connectivity index (χ1n) is 8.75. The van der Waals surface area contributed by atoms with Crippen molar-refractivity contribution in [3.63, 3.8) is 0 Å². The highest BCUT2D eigenvalue weighted by Gasteiger charge is 2.35. The monoisotopic (exact) mass is 373 g/mol. The third kappa shape index (κ3) is 4.55. The lowest BCUT2D eigenvalue weighted by atomic mass is 9.91. The lowest BCUT2D eigenvalue weighted by Crippen LogP contribution is -2.46. The largest absolute Gasteiger partial charge is 0.497 e. The third-order valence-electron chi connectivity index (χ3n) is 4.71. The molecule has 0 radical (unpaired) electrons. The van der Waals surface area contributed by atoms with E-state index in [-0.39, 0.29) is 24.0 Å². The smallest absolute Gasteiger partial charge is 0.221 e. The second kappa shape index (κ2) is 8.54. The molecule has 26 heavy (non-hydrogen) atoms. The summed E-state index contributed by atoms with van der Waals surface area (Å²) in [6.45, 7) is 2.09. The van der Waals surface area contributed by atoms with Gasteiger partial charge < -0.3 is 10.1 Å². The number of nitrogens with one attached hydrogen (secondary N) is 3. The molecule has 0 spiro atoms. The Kier molecular flexibility index (Phi) is 6.14. The average Bonchev–Trinajstić information content (AvgIpc) is 3.00. The highest BCUT2D eigenvalue weighted by Crippen LogP contribution is 2.28. The molecule has 138 valence electrons. The van der Waals surface area contributed by atoms with Crippen LogP contribution in [0.5, 0.6) is 5.75 Å². The summed E-state index contributed by atoms with van der Waals surface area (Å²) in [5.41, 5.74) is 8.59. The molecular formula is C20H24ClN3O2. The summed E-state index contributed by atoms with van der Waals surface area (Å²) in [5.74, 6) is 0.942. The molecule has 0 aromatic heterocycles. The van der Waals surface area contributed by atoms with Crippen molar-refractivity contribution in [2.75, 3.05) is 7.11 Å². The van der Waals surface area contributed by atoms with Gasteiger partial charge in [-0.3, -0.25) is 10.2 Å². The molecule has 3 atom stereocenters. The highest BCUT2D eigenvalue weighted by molar-refractivity contribution is 6.30. The Bertz CT molecular complexity index is 751. The van der Waals surface area contributed by atoms with E-state index in [9.17, 15) is 4.79 Å². The van der Waals surface area contributed by atoms with E-state index in [0.717, 1.165) is 16.9 Å². The number of methoxy groups -OCH3 is 1. The first-order valence-corrected chi connectivity index (χ1v) is 9.13. The van der Waals surface area contributed by atoms with Crippen LogP contribution in [0.15, 0.2) is 48.5 Å². The minimum atomic E-state index is -0.174. The van der Waals surface area contributed by atoms with Crippen molar-refractivity contribution in [1.82, 2.24) is 16.2 Å². The van der Waals surface area contributed by atoms with E-state index >= 15 is 0 Å². The number of halogens is 1. The van der Waals surface area contributed by atoms with Crippen LogP contribution in [-0.4, -0.2) is 25.2 Å². The molecule has 5 nitrogen and oxygen atoms in total. The van der Waals surface area contributed by atoms with Gasteiger partial charge in [0, 0.05) is 23.4 Å². The molecule has 3 unspecified atom stereocenters. The van der Waals surface area contributed by atoms with Crippen LogP contribution in [0.4, 0.5) is 0 Å². The first-order chi connectivity index (χ1) is 12.6. The maximum absolute atomic E-state index is 12.4. The Hall–Kier alpha value is -2.08. The number of carbonyl (C=O) groups is 1. The van der Waals surface area contributed by atoms with Gasteiger partial charge >= 0.3 is 0 Å². The fraction of sp³-hybridized carbons (Fsp3) is 0.350. The number of hydrazine groups is 1. The quantitative estimate of drug-likeness (QED) is 0.728. The summed E-state index contributed by atoms with van der Waals surface area (Å²) in [6, 6.07) is 15.8. The minimum Gasteiger partial charge on any atom is -0.497 e. The van der Waals surface area contributed by atoms with Crippen LogP contribution in [0.3, 0.4) is 0 Å². The van der Waals surface area contributed by atoms with Gasteiger partial charge in [0.2, 0.25) is 5.91 Å². The second-order valence-electron chi connectivity index (χ2n) is 6.55. The zero-order valence-corrected chi connectivity index (χ0v) is 15.7. The van der Waals surface area contributed by atoms with E-state index in [4.69, 9.17) is 16.3 Å². The van der Waals surface area contributed by atoms with E-state index < -0.39 is 0 Å². The van der Waals surface area contributed by atoms with Crippen LogP contribution in [0.1, 0.15) is 30.4 Å². The van der Waals surface area contributed by atoms with E-state index in [1.807, 2.05) is 48.5 Å². The van der Waals surface area contributed by atoms with Crippen LogP contribution in [-0.2, 0) is 11.2 Å². The van der Waals surface area contributed by atoms with E-state index in [1.54, 1.807) is 7.11 Å². The molecule has 1 amide bonds. The molecule has 1 heterocycles. The van der Waals surface area contributed by atoms with Gasteiger partial charge in [0.15, 0.2) is 0 Å². The molecule has 1 aliphatic heterocycles. The van der Waals surface area contributed by atoms with Crippen molar-refractivity contribution in [2.24, 2.45) is 0 Å². The topological polar surface area (TPSA) is 62.4 Å². The average molecular weight is 374 g/mol. The van der Waals surface area contributed by atoms with Gasteiger partial charge in [-0.05, 0) is 48.7 Å². The van der Waals surface area contributed by atoms with Gasteiger partial charge in [-0.25, -0.2) is 5.43 Å². The molecule has 1 saturated heterocycles. The van der Waals surface area contributed by atoms with Crippen LogP contribution < -0.4 is 20.9 Å². The number of rotatable bonds is 6. The maximum atomic E-state index is 12.4. The Balaban J connectivity index is 1.58. The molecule has 2 aromatic rings. The van der Waals surface area contributed by atoms with Gasteiger partial charge in [-0.1, -0.05) is 35.9 Å². The van der Waals surface area contributed by atoms with Crippen LogP contribution >= 0.6 is 11.6 Å². The molecule has 1 aliphatic rings. The Morgan fingerprint density at radius 2 is 1.96 bits per heavy atom. The Morgan fingerprint density at radius 1 is 1.19 bits per heavy atom. The SMILES string of the molecule is COc1ccc(CCC(=O)NC2NNC(C)C2c2cccc(Cl)c2)cc1. The fourth-order valence-corrected chi connectivity index (χ4v) is 3.50. The second-order valence-corrected chi connectivity index (χ2v) is 6.99. The van der Waals surface area contributed by atoms with Crippen molar-refractivity contribution < 1.29 is 9.53 Å². The molecule has 3 rings (SSSR count). The normalized spacial score (nSPS) is 22.2. The van der Waals surface area contributed by atoms with Crippen molar-refractivity contribution in [1.29, 1.82) is 0 Å². The summed E-state index contributed by atoms with van der Waals surface area (Å²) in [4.78, 5) is 12.4. The molecule has 1 fully saturated rings. The Morgan fingerprint density at radius 3 is 2.65 bits per heavy atom. The molecular weight excluding hydrogens is 350 g/mol. The summed E-state index contributed by atoms with van der Waals surface area (Å²) in [7, 11) is 1.64. The van der Waals surface area contributed by atoms with Gasteiger partial charge in [0.05, 0.1) is 7.11 Å². The molecule has 0 saturated carbocycles. The summed E-state index contributed by atoms with van der Waals surface area (Å²) in [5, 5.41) is 3.79. The number of ether oxygens (including phenoxy) is 1.